The molecule has 0 saturated heterocycles. The average molecular weight is 221 g/mol. The molecule has 0 bridgehead atoms. The zero-order valence-corrected chi connectivity index (χ0v) is 10.3. The molecule has 0 radical (unpaired) electrons. The third-order valence-corrected chi connectivity index (χ3v) is 2.33. The van der Waals surface area contributed by atoms with Crippen molar-refractivity contribution in [3.8, 4) is 5.75 Å². The van der Waals surface area contributed by atoms with E-state index in [-0.39, 0.29) is 5.78 Å². The highest BCUT2D eigenvalue weighted by molar-refractivity contribution is 6.00. The van der Waals surface area contributed by atoms with Crippen LogP contribution in [0.15, 0.2) is 18.2 Å². The number of methoxy groups -OCH3 is 1. The molecule has 0 aliphatic heterocycles. The molecule has 16 heavy (non-hydrogen) atoms. The van der Waals surface area contributed by atoms with Gasteiger partial charge in [0.25, 0.3) is 0 Å². The van der Waals surface area contributed by atoms with Gasteiger partial charge >= 0.3 is 0 Å². The van der Waals surface area contributed by atoms with E-state index in [1.54, 1.807) is 7.11 Å². The van der Waals surface area contributed by atoms with Gasteiger partial charge in [0, 0.05) is 6.04 Å². The molecule has 0 atom stereocenters. The molecule has 0 aliphatic rings. The molecule has 0 amide bonds. The lowest BCUT2D eigenvalue weighted by molar-refractivity contribution is 0.0985. The molecule has 0 heterocycles. The smallest absolute Gasteiger partial charge is 0.180 e. The van der Waals surface area contributed by atoms with Gasteiger partial charge < -0.3 is 10.1 Å². The summed E-state index contributed by atoms with van der Waals surface area (Å²) in [6, 6.07) is 5.94. The van der Waals surface area contributed by atoms with Crippen molar-refractivity contribution in [3.05, 3.63) is 29.3 Å². The first-order valence-electron chi connectivity index (χ1n) is 5.46. The molecule has 0 aliphatic carbocycles. The Kier molecular flexibility index (Phi) is 4.50. The Labute approximate surface area is 96.8 Å². The van der Waals surface area contributed by atoms with E-state index in [4.69, 9.17) is 4.74 Å². The fourth-order valence-corrected chi connectivity index (χ4v) is 1.43. The monoisotopic (exact) mass is 221 g/mol. The second-order valence-corrected chi connectivity index (χ2v) is 4.16. The van der Waals surface area contributed by atoms with Gasteiger partial charge in [-0.3, -0.25) is 4.79 Å². The molecule has 3 nitrogen and oxygen atoms in total. The van der Waals surface area contributed by atoms with Gasteiger partial charge in [-0.15, -0.1) is 0 Å². The molecule has 3 heteroatoms. The van der Waals surface area contributed by atoms with Crippen LogP contribution in [0.25, 0.3) is 0 Å². The Morgan fingerprint density at radius 2 is 2.12 bits per heavy atom. The lowest BCUT2D eigenvalue weighted by Gasteiger charge is -2.10. The molecule has 0 fully saturated rings. The zero-order chi connectivity index (χ0) is 12.1. The van der Waals surface area contributed by atoms with Gasteiger partial charge in [-0.05, 0) is 19.1 Å². The first-order valence-corrected chi connectivity index (χ1v) is 5.46. The minimum atomic E-state index is 0.0641. The number of Topliss-reactive ketones (excluding diaryl/α,β-unsaturated/α-hetero) is 1. The maximum Gasteiger partial charge on any atom is 0.180 e. The van der Waals surface area contributed by atoms with Crippen molar-refractivity contribution in [1.29, 1.82) is 0 Å². The first-order chi connectivity index (χ1) is 7.54. The number of ether oxygens (including phenoxy) is 1. The van der Waals surface area contributed by atoms with E-state index >= 15 is 0 Å². The molecule has 0 spiro atoms. The Balaban J connectivity index is 2.84. The first kappa shape index (κ1) is 12.7. The maximum absolute atomic E-state index is 11.9. The number of aryl methyl sites for hydroxylation is 1. The van der Waals surface area contributed by atoms with E-state index in [1.165, 1.54) is 0 Å². The Morgan fingerprint density at radius 1 is 1.44 bits per heavy atom. The van der Waals surface area contributed by atoms with Gasteiger partial charge in [-0.1, -0.05) is 25.5 Å². The normalized spacial score (nSPS) is 10.6. The largest absolute Gasteiger partial charge is 0.496 e. The summed E-state index contributed by atoms with van der Waals surface area (Å²) in [5, 5.41) is 3.11. The topological polar surface area (TPSA) is 38.3 Å². The van der Waals surface area contributed by atoms with Gasteiger partial charge in [0.2, 0.25) is 0 Å². The van der Waals surface area contributed by atoms with Crippen LogP contribution in [0.3, 0.4) is 0 Å². The Bertz CT molecular complexity index is 372. The Hall–Kier alpha value is -1.35. The second kappa shape index (κ2) is 5.66. The maximum atomic E-state index is 11.9. The summed E-state index contributed by atoms with van der Waals surface area (Å²) in [6.45, 7) is 6.34. The van der Waals surface area contributed by atoms with Gasteiger partial charge in [-0.25, -0.2) is 0 Å². The van der Waals surface area contributed by atoms with Crippen LogP contribution >= 0.6 is 0 Å². The molecule has 0 aromatic heterocycles. The van der Waals surface area contributed by atoms with E-state index in [0.29, 0.717) is 23.9 Å². The van der Waals surface area contributed by atoms with Crippen LogP contribution in [0.1, 0.15) is 29.8 Å². The van der Waals surface area contributed by atoms with Crippen molar-refractivity contribution < 1.29 is 9.53 Å². The lowest BCUT2D eigenvalue weighted by atomic mass is 10.1. The third-order valence-electron chi connectivity index (χ3n) is 2.33. The van der Waals surface area contributed by atoms with E-state index < -0.39 is 0 Å². The van der Waals surface area contributed by atoms with Crippen molar-refractivity contribution in [2.24, 2.45) is 0 Å². The van der Waals surface area contributed by atoms with Crippen LogP contribution in [0.5, 0.6) is 5.75 Å². The number of benzene rings is 1. The van der Waals surface area contributed by atoms with Crippen molar-refractivity contribution in [3.63, 3.8) is 0 Å². The van der Waals surface area contributed by atoms with Crippen molar-refractivity contribution >= 4 is 5.78 Å². The number of hydrogen-bond acceptors (Lipinski definition) is 3. The van der Waals surface area contributed by atoms with E-state index in [1.807, 2.05) is 39.0 Å². The van der Waals surface area contributed by atoms with Crippen LogP contribution in [-0.4, -0.2) is 25.5 Å². The molecule has 0 saturated carbocycles. The van der Waals surface area contributed by atoms with Crippen LogP contribution < -0.4 is 10.1 Å². The standard InChI is InChI=1S/C13H19NO2/c1-9(2)14-8-12(15)11-7-10(3)5-6-13(11)16-4/h5-7,9,14H,8H2,1-4H3. The SMILES string of the molecule is COc1ccc(C)cc1C(=O)CNC(C)C. The van der Waals surface area contributed by atoms with E-state index in [0.717, 1.165) is 5.56 Å². The summed E-state index contributed by atoms with van der Waals surface area (Å²) in [7, 11) is 1.58. The third kappa shape index (κ3) is 3.35. The minimum Gasteiger partial charge on any atom is -0.496 e. The predicted octanol–water partition coefficient (Wildman–Crippen LogP) is 2.18. The van der Waals surface area contributed by atoms with Gasteiger partial charge in [0.1, 0.15) is 5.75 Å². The number of carbonyl (C=O) groups is 1. The molecule has 0 unspecified atom stereocenters. The number of hydrogen-bond donors (Lipinski definition) is 1. The number of ketones is 1. The second-order valence-electron chi connectivity index (χ2n) is 4.16. The molecule has 1 aromatic rings. The van der Waals surface area contributed by atoms with Gasteiger partial charge in [-0.2, -0.15) is 0 Å². The Morgan fingerprint density at radius 3 is 2.69 bits per heavy atom. The van der Waals surface area contributed by atoms with E-state index in [2.05, 4.69) is 5.32 Å². The summed E-state index contributed by atoms with van der Waals surface area (Å²) in [5.74, 6) is 0.704. The molecule has 88 valence electrons. The zero-order valence-electron chi connectivity index (χ0n) is 10.3. The lowest BCUT2D eigenvalue weighted by Crippen LogP contribution is -2.29. The molecule has 1 rings (SSSR count). The average Bonchev–Trinajstić information content (AvgIpc) is 2.25. The summed E-state index contributed by atoms with van der Waals surface area (Å²) in [5.41, 5.74) is 1.71. The summed E-state index contributed by atoms with van der Waals surface area (Å²) in [6.07, 6.45) is 0. The quantitative estimate of drug-likeness (QED) is 0.774. The van der Waals surface area contributed by atoms with Crippen molar-refractivity contribution in [2.75, 3.05) is 13.7 Å². The highest BCUT2D eigenvalue weighted by Gasteiger charge is 2.12. The molecule has 1 aromatic carbocycles. The number of rotatable bonds is 5. The van der Waals surface area contributed by atoms with Gasteiger partial charge in [0.05, 0.1) is 19.2 Å². The molecule has 1 N–H and O–H groups in total. The summed E-state index contributed by atoms with van der Waals surface area (Å²) < 4.78 is 5.18. The fraction of sp³-hybridized carbons (Fsp3) is 0.462. The summed E-state index contributed by atoms with van der Waals surface area (Å²) in [4.78, 5) is 11.9. The number of nitrogens with one attached hydrogen (secondary N) is 1. The molecular formula is C13H19NO2. The number of carbonyl (C=O) groups excluding carboxylic acids is 1. The fourth-order valence-electron chi connectivity index (χ4n) is 1.43. The highest BCUT2D eigenvalue weighted by atomic mass is 16.5. The minimum absolute atomic E-state index is 0.0641. The van der Waals surface area contributed by atoms with Crippen LogP contribution in [0.2, 0.25) is 0 Å². The highest BCUT2D eigenvalue weighted by Crippen LogP contribution is 2.19. The van der Waals surface area contributed by atoms with Crippen molar-refractivity contribution in [2.45, 2.75) is 26.8 Å². The van der Waals surface area contributed by atoms with E-state index in [9.17, 15) is 4.79 Å². The summed E-state index contributed by atoms with van der Waals surface area (Å²) >= 11 is 0. The van der Waals surface area contributed by atoms with Crippen molar-refractivity contribution in [1.82, 2.24) is 5.32 Å². The van der Waals surface area contributed by atoms with Gasteiger partial charge in [0.15, 0.2) is 5.78 Å². The molecular weight excluding hydrogens is 202 g/mol. The van der Waals surface area contributed by atoms with Crippen LogP contribution in [0, 0.1) is 6.92 Å². The predicted molar refractivity (Wildman–Crippen MR) is 65.2 cm³/mol. The van der Waals surface area contributed by atoms with Crippen LogP contribution in [-0.2, 0) is 0 Å². The van der Waals surface area contributed by atoms with Crippen LogP contribution in [0.4, 0.5) is 0 Å².